The van der Waals surface area contributed by atoms with Crippen molar-refractivity contribution in [1.82, 2.24) is 5.32 Å². The van der Waals surface area contributed by atoms with Crippen LogP contribution in [0, 0.1) is 11.3 Å². The highest BCUT2D eigenvalue weighted by molar-refractivity contribution is 6.02. The first-order valence-corrected chi connectivity index (χ1v) is 5.28. The summed E-state index contributed by atoms with van der Waals surface area (Å²) in [6, 6.07) is 7.06. The fourth-order valence-electron chi connectivity index (χ4n) is 1.69. The van der Waals surface area contributed by atoms with Crippen molar-refractivity contribution in [2.75, 3.05) is 11.9 Å². The summed E-state index contributed by atoms with van der Waals surface area (Å²) in [6.07, 6.45) is 0.652. The summed E-state index contributed by atoms with van der Waals surface area (Å²) in [7, 11) is 0. The van der Waals surface area contributed by atoms with Gasteiger partial charge in [-0.25, -0.2) is 0 Å². The van der Waals surface area contributed by atoms with E-state index in [4.69, 9.17) is 5.26 Å². The van der Waals surface area contributed by atoms with E-state index in [1.807, 2.05) is 6.07 Å². The molecule has 5 heteroatoms. The first-order chi connectivity index (χ1) is 8.20. The van der Waals surface area contributed by atoms with Gasteiger partial charge in [0.25, 0.3) is 5.91 Å². The summed E-state index contributed by atoms with van der Waals surface area (Å²) < 4.78 is 0. The quantitative estimate of drug-likeness (QED) is 0.753. The maximum Gasteiger partial charge on any atom is 0.251 e. The monoisotopic (exact) mass is 229 g/mol. The zero-order valence-corrected chi connectivity index (χ0v) is 9.12. The van der Waals surface area contributed by atoms with Gasteiger partial charge in [-0.1, -0.05) is 6.07 Å². The lowest BCUT2D eigenvalue weighted by Crippen LogP contribution is -2.24. The van der Waals surface area contributed by atoms with Crippen LogP contribution < -0.4 is 10.6 Å². The first kappa shape index (κ1) is 11.1. The molecule has 1 aromatic carbocycles. The maximum absolute atomic E-state index is 11.7. The number of hydrogen-bond acceptors (Lipinski definition) is 3. The van der Waals surface area contributed by atoms with Crippen LogP contribution in [-0.4, -0.2) is 18.4 Å². The van der Waals surface area contributed by atoms with Gasteiger partial charge in [0.05, 0.1) is 18.9 Å². The average molecular weight is 229 g/mol. The lowest BCUT2D eigenvalue weighted by molar-refractivity contribution is -0.115. The molecule has 0 aromatic heterocycles. The summed E-state index contributed by atoms with van der Waals surface area (Å²) in [4.78, 5) is 22.8. The Morgan fingerprint density at radius 3 is 3.12 bits per heavy atom. The minimum absolute atomic E-state index is 0.0537. The van der Waals surface area contributed by atoms with Crippen molar-refractivity contribution in [3.8, 4) is 6.07 Å². The number of nitrogens with zero attached hydrogens (tertiary/aromatic N) is 1. The molecule has 5 nitrogen and oxygen atoms in total. The molecule has 0 saturated heterocycles. The van der Waals surface area contributed by atoms with E-state index < -0.39 is 0 Å². The fraction of sp³-hybridized carbons (Fsp3) is 0.250. The molecule has 1 aliphatic rings. The molecule has 2 amide bonds. The van der Waals surface area contributed by atoms with Gasteiger partial charge in [-0.2, -0.15) is 5.26 Å². The molecule has 2 rings (SSSR count). The molecule has 0 spiro atoms. The minimum atomic E-state index is -0.232. The predicted molar refractivity (Wildman–Crippen MR) is 61.3 cm³/mol. The zero-order chi connectivity index (χ0) is 12.3. The van der Waals surface area contributed by atoms with Crippen LogP contribution in [0.5, 0.6) is 0 Å². The number of amides is 2. The van der Waals surface area contributed by atoms with E-state index >= 15 is 0 Å². The number of rotatable bonds is 3. The lowest BCUT2D eigenvalue weighted by atomic mass is 10.1. The van der Waals surface area contributed by atoms with Crippen molar-refractivity contribution in [3.63, 3.8) is 0 Å². The van der Waals surface area contributed by atoms with Crippen molar-refractivity contribution in [2.45, 2.75) is 12.8 Å². The summed E-state index contributed by atoms with van der Waals surface area (Å²) in [5.74, 6) is -0.286. The van der Waals surface area contributed by atoms with Gasteiger partial charge in [-0.05, 0) is 17.7 Å². The van der Waals surface area contributed by atoms with Crippen LogP contribution in [0.4, 0.5) is 5.69 Å². The second kappa shape index (κ2) is 4.66. The topological polar surface area (TPSA) is 82.0 Å². The minimum Gasteiger partial charge on any atom is -0.351 e. The molecule has 1 heterocycles. The Morgan fingerprint density at radius 1 is 1.53 bits per heavy atom. The second-order valence-corrected chi connectivity index (χ2v) is 3.76. The van der Waals surface area contributed by atoms with Crippen LogP contribution in [-0.2, 0) is 11.2 Å². The number of carbonyl (C=O) groups excluding carboxylic acids is 2. The number of anilines is 1. The third kappa shape index (κ3) is 2.42. The van der Waals surface area contributed by atoms with Crippen LogP contribution >= 0.6 is 0 Å². The van der Waals surface area contributed by atoms with Gasteiger partial charge in [0.2, 0.25) is 5.91 Å². The Labute approximate surface area is 98.4 Å². The van der Waals surface area contributed by atoms with Crippen LogP contribution in [0.3, 0.4) is 0 Å². The molecule has 0 saturated carbocycles. The molecule has 0 radical (unpaired) electrons. The SMILES string of the molecule is N#CCCNC(=O)c1ccc2c(c1)NC(=O)C2. The van der Waals surface area contributed by atoms with Crippen LogP contribution in [0.25, 0.3) is 0 Å². The number of benzene rings is 1. The van der Waals surface area contributed by atoms with E-state index in [0.717, 1.165) is 5.56 Å². The van der Waals surface area contributed by atoms with Crippen molar-refractivity contribution >= 4 is 17.5 Å². The van der Waals surface area contributed by atoms with E-state index in [-0.39, 0.29) is 18.2 Å². The van der Waals surface area contributed by atoms with E-state index in [0.29, 0.717) is 24.2 Å². The Morgan fingerprint density at radius 2 is 2.35 bits per heavy atom. The molecule has 17 heavy (non-hydrogen) atoms. The Hall–Kier alpha value is -2.35. The van der Waals surface area contributed by atoms with Gasteiger partial charge in [0.15, 0.2) is 0 Å². The van der Waals surface area contributed by atoms with Gasteiger partial charge < -0.3 is 10.6 Å². The van der Waals surface area contributed by atoms with Crippen molar-refractivity contribution in [1.29, 1.82) is 5.26 Å². The highest BCUT2D eigenvalue weighted by Gasteiger charge is 2.18. The fourth-order valence-corrected chi connectivity index (χ4v) is 1.69. The first-order valence-electron chi connectivity index (χ1n) is 5.28. The van der Waals surface area contributed by atoms with Crippen molar-refractivity contribution in [2.24, 2.45) is 0 Å². The molecule has 86 valence electrons. The van der Waals surface area contributed by atoms with E-state index in [1.54, 1.807) is 18.2 Å². The zero-order valence-electron chi connectivity index (χ0n) is 9.12. The normalized spacial score (nSPS) is 12.5. The molecule has 0 fully saturated rings. The Kier molecular flexibility index (Phi) is 3.06. The van der Waals surface area contributed by atoms with Gasteiger partial charge in [-0.3, -0.25) is 9.59 Å². The molecule has 0 unspecified atom stereocenters. The lowest BCUT2D eigenvalue weighted by Gasteiger charge is -2.04. The summed E-state index contributed by atoms with van der Waals surface area (Å²) in [6.45, 7) is 0.332. The summed E-state index contributed by atoms with van der Waals surface area (Å²) >= 11 is 0. The van der Waals surface area contributed by atoms with Gasteiger partial charge in [-0.15, -0.1) is 0 Å². The third-order valence-corrected chi connectivity index (χ3v) is 2.52. The largest absolute Gasteiger partial charge is 0.351 e. The third-order valence-electron chi connectivity index (χ3n) is 2.52. The molecular formula is C12H11N3O2. The van der Waals surface area contributed by atoms with Gasteiger partial charge >= 0.3 is 0 Å². The molecule has 1 aromatic rings. The summed E-state index contributed by atoms with van der Waals surface area (Å²) in [5, 5.41) is 13.7. The smallest absolute Gasteiger partial charge is 0.251 e. The number of hydrogen-bond donors (Lipinski definition) is 2. The molecule has 0 bridgehead atoms. The second-order valence-electron chi connectivity index (χ2n) is 3.76. The number of carbonyl (C=O) groups is 2. The van der Waals surface area contributed by atoms with Crippen LogP contribution in [0.15, 0.2) is 18.2 Å². The summed E-state index contributed by atoms with van der Waals surface area (Å²) in [5.41, 5.74) is 2.09. The molecule has 0 aliphatic carbocycles. The van der Waals surface area contributed by atoms with Crippen LogP contribution in [0.2, 0.25) is 0 Å². The average Bonchev–Trinajstić information content (AvgIpc) is 2.68. The van der Waals surface area contributed by atoms with Crippen LogP contribution in [0.1, 0.15) is 22.3 Å². The number of nitriles is 1. The van der Waals surface area contributed by atoms with E-state index in [9.17, 15) is 9.59 Å². The van der Waals surface area contributed by atoms with Crippen molar-refractivity contribution in [3.05, 3.63) is 29.3 Å². The number of fused-ring (bicyclic) bond motifs is 1. The Balaban J connectivity index is 2.08. The van der Waals surface area contributed by atoms with Crippen molar-refractivity contribution < 1.29 is 9.59 Å². The Bertz CT molecular complexity index is 517. The molecule has 1 aliphatic heterocycles. The van der Waals surface area contributed by atoms with E-state index in [2.05, 4.69) is 10.6 Å². The standard InChI is InChI=1S/C12H11N3O2/c13-4-1-5-14-12(17)9-3-2-8-7-11(16)15-10(8)6-9/h2-3,6H,1,5,7H2,(H,14,17)(H,15,16). The molecule has 0 atom stereocenters. The van der Waals surface area contributed by atoms with E-state index in [1.165, 1.54) is 0 Å². The molecule has 2 N–H and O–H groups in total. The highest BCUT2D eigenvalue weighted by atomic mass is 16.2. The van der Waals surface area contributed by atoms with Gasteiger partial charge in [0.1, 0.15) is 0 Å². The van der Waals surface area contributed by atoms with Gasteiger partial charge in [0, 0.05) is 17.8 Å². The predicted octanol–water partition coefficient (Wildman–Crippen LogP) is 0.825. The number of nitrogens with one attached hydrogen (secondary N) is 2. The molecular weight excluding hydrogens is 218 g/mol. The maximum atomic E-state index is 11.7. The highest BCUT2D eigenvalue weighted by Crippen LogP contribution is 2.23.